The molecule has 4 aliphatic rings. The normalized spacial score (nSPS) is 29.8. The quantitative estimate of drug-likeness (QED) is 0.565. The minimum absolute atomic E-state index is 0.0184. The lowest BCUT2D eigenvalue weighted by molar-refractivity contribution is -0.126. The summed E-state index contributed by atoms with van der Waals surface area (Å²) in [6.45, 7) is 3.90. The van der Waals surface area contributed by atoms with Gasteiger partial charge in [0.2, 0.25) is 15.9 Å². The lowest BCUT2D eigenvalue weighted by Gasteiger charge is -2.59. The molecule has 7 heteroatoms. The van der Waals surface area contributed by atoms with Crippen LogP contribution in [0.25, 0.3) is 0 Å². The Bertz CT molecular complexity index is 935. The molecule has 6 nitrogen and oxygen atoms in total. The van der Waals surface area contributed by atoms with Gasteiger partial charge in [-0.15, -0.1) is 0 Å². The highest BCUT2D eigenvalue weighted by Gasteiger charge is 2.53. The first-order chi connectivity index (χ1) is 15.1. The van der Waals surface area contributed by atoms with Crippen molar-refractivity contribution in [3.8, 4) is 0 Å². The van der Waals surface area contributed by atoms with E-state index in [1.807, 2.05) is 0 Å². The molecule has 0 aromatic heterocycles. The van der Waals surface area contributed by atoms with Crippen molar-refractivity contribution in [1.29, 1.82) is 0 Å². The summed E-state index contributed by atoms with van der Waals surface area (Å²) in [7, 11) is -2.11. The van der Waals surface area contributed by atoms with Gasteiger partial charge < -0.3 is 5.32 Å². The average Bonchev–Trinajstić information content (AvgIpc) is 2.72. The molecule has 0 spiro atoms. The fourth-order valence-corrected chi connectivity index (χ4v) is 8.01. The van der Waals surface area contributed by atoms with E-state index in [0.29, 0.717) is 18.4 Å². The predicted octanol–water partition coefficient (Wildman–Crippen LogP) is 4.01. The molecular weight excluding hydrogens is 424 g/mol. The van der Waals surface area contributed by atoms with Gasteiger partial charge in [-0.2, -0.15) is 0 Å². The Morgan fingerprint density at radius 1 is 1.06 bits per heavy atom. The Hall–Kier alpha value is -1.73. The molecule has 1 aromatic rings. The largest absolute Gasteiger partial charge is 0.353 e. The smallest absolute Gasteiger partial charge is 0.242 e. The number of carbonyl (C=O) groups excluding carboxylic acids is 2. The van der Waals surface area contributed by atoms with Gasteiger partial charge in [0, 0.05) is 31.6 Å². The maximum absolute atomic E-state index is 12.8. The number of nitrogens with one attached hydrogen (secondary N) is 1. The van der Waals surface area contributed by atoms with Gasteiger partial charge in [-0.05, 0) is 94.1 Å². The second kappa shape index (κ2) is 8.90. The number of amides is 1. The molecule has 32 heavy (non-hydrogen) atoms. The van der Waals surface area contributed by atoms with Crippen molar-refractivity contribution in [2.24, 2.45) is 23.2 Å². The van der Waals surface area contributed by atoms with Crippen LogP contribution in [0.2, 0.25) is 0 Å². The van der Waals surface area contributed by atoms with Crippen molar-refractivity contribution in [3.63, 3.8) is 0 Å². The monoisotopic (exact) mass is 460 g/mol. The summed E-state index contributed by atoms with van der Waals surface area (Å²) < 4.78 is 26.8. The number of benzene rings is 1. The van der Waals surface area contributed by atoms with Crippen molar-refractivity contribution < 1.29 is 18.0 Å². The van der Waals surface area contributed by atoms with E-state index in [1.165, 1.54) is 81.1 Å². The summed E-state index contributed by atoms with van der Waals surface area (Å²) in [6.07, 6.45) is 8.71. The first-order valence-corrected chi connectivity index (χ1v) is 13.4. The van der Waals surface area contributed by atoms with E-state index in [9.17, 15) is 18.0 Å². The third-order valence-electron chi connectivity index (χ3n) is 8.23. The van der Waals surface area contributed by atoms with Gasteiger partial charge in [-0.1, -0.05) is 12.1 Å². The molecule has 0 saturated heterocycles. The Morgan fingerprint density at radius 3 is 2.09 bits per heavy atom. The maximum Gasteiger partial charge on any atom is 0.242 e. The van der Waals surface area contributed by atoms with Crippen LogP contribution in [0.1, 0.15) is 75.6 Å². The molecule has 0 heterocycles. The van der Waals surface area contributed by atoms with E-state index in [-0.39, 0.29) is 34.6 Å². The minimum atomic E-state index is -3.64. The zero-order valence-electron chi connectivity index (χ0n) is 19.5. The van der Waals surface area contributed by atoms with Gasteiger partial charge in [-0.25, -0.2) is 12.7 Å². The van der Waals surface area contributed by atoms with Crippen molar-refractivity contribution in [2.75, 3.05) is 13.6 Å². The van der Waals surface area contributed by atoms with Crippen LogP contribution in [0.4, 0.5) is 0 Å². The van der Waals surface area contributed by atoms with Crippen LogP contribution in [0.3, 0.4) is 0 Å². The molecule has 1 atom stereocenters. The third-order valence-corrected chi connectivity index (χ3v) is 10.1. The Labute approximate surface area is 192 Å². The number of Topliss-reactive ketones (excluding diaryl/α,β-unsaturated/α-hetero) is 1. The SMILES string of the molecule is CC(=O)c1ccc(S(=O)(=O)N(C)CCCC(=O)NC(C)C23CC4CC(CC(C4)C2)C3)cc1. The molecule has 4 bridgehead atoms. The van der Waals surface area contributed by atoms with Crippen LogP contribution < -0.4 is 5.32 Å². The van der Waals surface area contributed by atoms with Gasteiger partial charge in [0.05, 0.1) is 4.90 Å². The third kappa shape index (κ3) is 4.65. The summed E-state index contributed by atoms with van der Waals surface area (Å²) >= 11 is 0. The van der Waals surface area contributed by atoms with Crippen LogP contribution in [0, 0.1) is 23.2 Å². The van der Waals surface area contributed by atoms with Crippen molar-refractivity contribution in [2.45, 2.75) is 76.2 Å². The van der Waals surface area contributed by atoms with Crippen molar-refractivity contribution >= 4 is 21.7 Å². The second-order valence-corrected chi connectivity index (χ2v) is 12.6. The first-order valence-electron chi connectivity index (χ1n) is 12.0. The maximum atomic E-state index is 12.8. The zero-order chi connectivity index (χ0) is 23.1. The molecule has 176 valence electrons. The standard InChI is InChI=1S/C25H36N2O4S/c1-17(28)22-6-8-23(9-7-22)32(30,31)27(3)10-4-5-24(29)26-18(2)25-14-19-11-20(15-25)13-21(12-19)16-25/h6-9,18-21H,4-5,10-16H2,1-3H3,(H,26,29). The fourth-order valence-electron chi connectivity index (χ4n) is 6.80. The number of hydrogen-bond acceptors (Lipinski definition) is 4. The van der Waals surface area contributed by atoms with Gasteiger partial charge in [0.25, 0.3) is 0 Å². The summed E-state index contributed by atoms with van der Waals surface area (Å²) in [4.78, 5) is 24.2. The lowest BCUT2D eigenvalue weighted by Crippen LogP contribution is -2.55. The summed E-state index contributed by atoms with van der Waals surface area (Å²) in [5.74, 6) is 2.47. The predicted molar refractivity (Wildman–Crippen MR) is 124 cm³/mol. The summed E-state index contributed by atoms with van der Waals surface area (Å²) in [5.41, 5.74) is 0.757. The molecule has 0 aliphatic heterocycles. The van der Waals surface area contributed by atoms with E-state index in [1.54, 1.807) is 0 Å². The molecule has 0 radical (unpaired) electrons. The highest BCUT2D eigenvalue weighted by atomic mass is 32.2. The molecule has 4 saturated carbocycles. The van der Waals surface area contributed by atoms with E-state index in [2.05, 4.69) is 12.2 Å². The molecule has 1 unspecified atom stereocenters. The molecular formula is C25H36N2O4S. The van der Waals surface area contributed by atoms with Crippen LogP contribution in [0.15, 0.2) is 29.2 Å². The minimum Gasteiger partial charge on any atom is -0.353 e. The number of ketones is 1. The Balaban J connectivity index is 1.26. The molecule has 1 amide bonds. The van der Waals surface area contributed by atoms with Gasteiger partial charge in [0.15, 0.2) is 5.78 Å². The van der Waals surface area contributed by atoms with E-state index >= 15 is 0 Å². The topological polar surface area (TPSA) is 83.6 Å². The molecule has 1 aromatic carbocycles. The number of carbonyl (C=O) groups is 2. The molecule has 4 fully saturated rings. The number of sulfonamides is 1. The fraction of sp³-hybridized carbons (Fsp3) is 0.680. The van der Waals surface area contributed by atoms with Crippen molar-refractivity contribution in [3.05, 3.63) is 29.8 Å². The molecule has 1 N–H and O–H groups in total. The van der Waals surface area contributed by atoms with E-state index in [4.69, 9.17) is 0 Å². The highest BCUT2D eigenvalue weighted by molar-refractivity contribution is 7.89. The van der Waals surface area contributed by atoms with Crippen LogP contribution in [0.5, 0.6) is 0 Å². The van der Waals surface area contributed by atoms with E-state index < -0.39 is 10.0 Å². The molecule has 4 aliphatic carbocycles. The average molecular weight is 461 g/mol. The second-order valence-electron chi connectivity index (χ2n) is 10.6. The highest BCUT2D eigenvalue weighted by Crippen LogP contribution is 2.61. The summed E-state index contributed by atoms with van der Waals surface area (Å²) in [6, 6.07) is 6.17. The molecule has 5 rings (SSSR count). The lowest BCUT2D eigenvalue weighted by atomic mass is 9.48. The van der Waals surface area contributed by atoms with Gasteiger partial charge in [-0.3, -0.25) is 9.59 Å². The zero-order valence-corrected chi connectivity index (χ0v) is 20.3. The van der Waals surface area contributed by atoms with Crippen LogP contribution in [-0.2, 0) is 14.8 Å². The van der Waals surface area contributed by atoms with Gasteiger partial charge in [0.1, 0.15) is 0 Å². The van der Waals surface area contributed by atoms with Crippen LogP contribution in [-0.4, -0.2) is 44.0 Å². The summed E-state index contributed by atoms with van der Waals surface area (Å²) in [5, 5.41) is 3.26. The Kier molecular flexibility index (Phi) is 6.52. The number of hydrogen-bond donors (Lipinski definition) is 1. The number of nitrogens with zero attached hydrogens (tertiary/aromatic N) is 1. The van der Waals surface area contributed by atoms with Crippen LogP contribution >= 0.6 is 0 Å². The number of rotatable bonds is 9. The van der Waals surface area contributed by atoms with E-state index in [0.717, 1.165) is 17.8 Å². The Morgan fingerprint density at radius 2 is 1.59 bits per heavy atom. The van der Waals surface area contributed by atoms with Gasteiger partial charge >= 0.3 is 0 Å². The first kappa shape index (κ1) is 23.4. The van der Waals surface area contributed by atoms with Crippen molar-refractivity contribution in [1.82, 2.24) is 9.62 Å².